The van der Waals surface area contributed by atoms with E-state index in [0.29, 0.717) is 21.9 Å². The van der Waals surface area contributed by atoms with Gasteiger partial charge in [-0.15, -0.1) is 11.3 Å². The molecule has 0 saturated carbocycles. The molecule has 3 aromatic rings. The van der Waals surface area contributed by atoms with Crippen LogP contribution in [0.15, 0.2) is 40.9 Å². The Bertz CT molecular complexity index is 1120. The highest BCUT2D eigenvalue weighted by Gasteiger charge is 2.25. The normalized spacial score (nSPS) is 10.6. The minimum absolute atomic E-state index is 0.216. The Morgan fingerprint density at radius 2 is 1.71 bits per heavy atom. The number of aryl methyl sites for hydroxylation is 3. The molecule has 31 heavy (non-hydrogen) atoms. The average Bonchev–Trinajstić information content (AvgIpc) is 3.02. The maximum atomic E-state index is 13.3. The molecule has 0 spiro atoms. The van der Waals surface area contributed by atoms with E-state index in [1.54, 1.807) is 12.1 Å². The molecular formula is C23H21BrFNO4S. The fourth-order valence-corrected chi connectivity index (χ4v) is 5.09. The van der Waals surface area contributed by atoms with Crippen LogP contribution in [-0.2, 0) is 9.53 Å². The lowest BCUT2D eigenvalue weighted by Crippen LogP contribution is -2.21. The molecule has 5 nitrogen and oxygen atoms in total. The molecule has 3 rings (SSSR count). The van der Waals surface area contributed by atoms with Crippen LogP contribution in [0, 0.1) is 26.6 Å². The van der Waals surface area contributed by atoms with Gasteiger partial charge in [-0.3, -0.25) is 4.79 Å². The Morgan fingerprint density at radius 3 is 2.29 bits per heavy atom. The number of methoxy groups -OCH3 is 1. The first-order chi connectivity index (χ1) is 14.7. The maximum absolute atomic E-state index is 13.3. The average molecular weight is 506 g/mol. The summed E-state index contributed by atoms with van der Waals surface area (Å²) in [5, 5.41) is 3.12. The molecule has 1 aromatic heterocycles. The predicted molar refractivity (Wildman–Crippen MR) is 124 cm³/mol. The zero-order valence-corrected chi connectivity index (χ0v) is 19.9. The molecule has 1 heterocycles. The van der Waals surface area contributed by atoms with Gasteiger partial charge in [-0.05, 0) is 61.7 Å². The van der Waals surface area contributed by atoms with Gasteiger partial charge in [-0.25, -0.2) is 9.18 Å². The highest BCUT2D eigenvalue weighted by molar-refractivity contribution is 9.10. The van der Waals surface area contributed by atoms with Crippen molar-refractivity contribution in [3.05, 3.63) is 68.3 Å². The lowest BCUT2D eigenvalue weighted by molar-refractivity contribution is -0.118. The Hall–Kier alpha value is -2.71. The number of thiophene rings is 1. The van der Waals surface area contributed by atoms with Crippen LogP contribution in [0.2, 0.25) is 0 Å². The van der Waals surface area contributed by atoms with E-state index < -0.39 is 11.9 Å². The van der Waals surface area contributed by atoms with E-state index in [1.165, 1.54) is 30.6 Å². The van der Waals surface area contributed by atoms with E-state index in [4.69, 9.17) is 9.47 Å². The third-order valence-electron chi connectivity index (χ3n) is 4.63. The Morgan fingerprint density at radius 1 is 1.10 bits per heavy atom. The van der Waals surface area contributed by atoms with Gasteiger partial charge in [-0.2, -0.15) is 0 Å². The molecule has 2 aromatic carbocycles. The van der Waals surface area contributed by atoms with Crippen molar-refractivity contribution in [1.29, 1.82) is 0 Å². The molecule has 0 radical (unpaired) electrons. The lowest BCUT2D eigenvalue weighted by atomic mass is 10.0. The third-order valence-corrected chi connectivity index (χ3v) is 6.11. The molecular weight excluding hydrogens is 485 g/mol. The van der Waals surface area contributed by atoms with Crippen LogP contribution in [0.3, 0.4) is 0 Å². The number of carbonyl (C=O) groups excluding carboxylic acids is 2. The summed E-state index contributed by atoms with van der Waals surface area (Å²) in [6, 6.07) is 9.64. The summed E-state index contributed by atoms with van der Waals surface area (Å²) in [6.45, 7) is 5.42. The van der Waals surface area contributed by atoms with Crippen LogP contribution in [0.25, 0.3) is 11.1 Å². The SMILES string of the molecule is COC(=O)c1c(NC(=O)COc2c(C)cc(Br)cc2C)sc(C)c1-c1ccc(F)cc1. The molecule has 0 fully saturated rings. The molecule has 0 aliphatic carbocycles. The molecule has 162 valence electrons. The lowest BCUT2D eigenvalue weighted by Gasteiger charge is -2.13. The molecule has 8 heteroatoms. The zero-order valence-electron chi connectivity index (χ0n) is 17.5. The van der Waals surface area contributed by atoms with E-state index in [1.807, 2.05) is 32.9 Å². The van der Waals surface area contributed by atoms with Crippen molar-refractivity contribution in [2.45, 2.75) is 20.8 Å². The number of carbonyl (C=O) groups is 2. The number of hydrogen-bond acceptors (Lipinski definition) is 5. The van der Waals surface area contributed by atoms with Crippen LogP contribution >= 0.6 is 27.3 Å². The zero-order chi connectivity index (χ0) is 22.7. The predicted octanol–water partition coefficient (Wildman–Crippen LogP) is 6.05. The van der Waals surface area contributed by atoms with Gasteiger partial charge in [0.15, 0.2) is 6.61 Å². The van der Waals surface area contributed by atoms with Crippen LogP contribution in [0.4, 0.5) is 9.39 Å². The van der Waals surface area contributed by atoms with Crippen molar-refractivity contribution in [1.82, 2.24) is 0 Å². The summed E-state index contributed by atoms with van der Waals surface area (Å²) < 4.78 is 24.9. The molecule has 1 amide bonds. The summed E-state index contributed by atoms with van der Waals surface area (Å²) in [5.41, 5.74) is 3.31. The van der Waals surface area contributed by atoms with Crippen molar-refractivity contribution in [2.24, 2.45) is 0 Å². The van der Waals surface area contributed by atoms with E-state index in [-0.39, 0.29) is 18.0 Å². The summed E-state index contributed by atoms with van der Waals surface area (Å²) in [5.74, 6) is -0.723. The quantitative estimate of drug-likeness (QED) is 0.414. The number of rotatable bonds is 6. The number of esters is 1. The van der Waals surface area contributed by atoms with Gasteiger partial charge in [0, 0.05) is 14.9 Å². The molecule has 0 aliphatic heterocycles. The van der Waals surface area contributed by atoms with Gasteiger partial charge in [0.25, 0.3) is 5.91 Å². The minimum atomic E-state index is -0.584. The number of anilines is 1. The number of ether oxygens (including phenoxy) is 2. The van der Waals surface area contributed by atoms with Crippen molar-refractivity contribution < 1.29 is 23.5 Å². The van der Waals surface area contributed by atoms with Gasteiger partial charge >= 0.3 is 5.97 Å². The van der Waals surface area contributed by atoms with E-state index in [2.05, 4.69) is 21.2 Å². The summed E-state index contributed by atoms with van der Waals surface area (Å²) >= 11 is 4.69. The number of benzene rings is 2. The second kappa shape index (κ2) is 9.62. The van der Waals surface area contributed by atoms with Crippen molar-refractivity contribution in [3.63, 3.8) is 0 Å². The molecule has 0 aliphatic rings. The monoisotopic (exact) mass is 505 g/mol. The summed E-state index contributed by atoms with van der Waals surface area (Å²) in [6.07, 6.45) is 0. The molecule has 0 unspecified atom stereocenters. The third kappa shape index (κ3) is 5.14. The van der Waals surface area contributed by atoms with Gasteiger partial charge in [0.1, 0.15) is 22.1 Å². The smallest absolute Gasteiger partial charge is 0.341 e. The second-order valence-electron chi connectivity index (χ2n) is 6.94. The molecule has 1 N–H and O–H groups in total. The van der Waals surface area contributed by atoms with E-state index in [0.717, 1.165) is 20.5 Å². The molecule has 0 bridgehead atoms. The van der Waals surface area contributed by atoms with Crippen molar-refractivity contribution in [3.8, 4) is 16.9 Å². The number of hydrogen-bond donors (Lipinski definition) is 1. The van der Waals surface area contributed by atoms with Crippen LogP contribution in [0.5, 0.6) is 5.75 Å². The fourth-order valence-electron chi connectivity index (χ4n) is 3.32. The van der Waals surface area contributed by atoms with E-state index >= 15 is 0 Å². The fraction of sp³-hybridized carbons (Fsp3) is 0.217. The highest BCUT2D eigenvalue weighted by atomic mass is 79.9. The number of halogens is 2. The first-order valence-electron chi connectivity index (χ1n) is 9.38. The van der Waals surface area contributed by atoms with Crippen LogP contribution in [0.1, 0.15) is 26.4 Å². The standard InChI is InChI=1S/C23H21BrFNO4S/c1-12-9-16(24)10-13(2)21(12)30-11-18(27)26-22-20(23(28)29-4)19(14(3)31-22)15-5-7-17(25)8-6-15/h5-10H,11H2,1-4H3,(H,26,27). The number of amides is 1. The van der Waals surface area contributed by atoms with Gasteiger partial charge < -0.3 is 14.8 Å². The Labute approximate surface area is 192 Å². The largest absolute Gasteiger partial charge is 0.483 e. The minimum Gasteiger partial charge on any atom is -0.483 e. The van der Waals surface area contributed by atoms with Crippen molar-refractivity contribution >= 4 is 44.1 Å². The number of nitrogens with one attached hydrogen (secondary N) is 1. The first-order valence-corrected chi connectivity index (χ1v) is 11.0. The van der Waals surface area contributed by atoms with Crippen LogP contribution < -0.4 is 10.1 Å². The molecule has 0 saturated heterocycles. The highest BCUT2D eigenvalue weighted by Crippen LogP contribution is 2.40. The van der Waals surface area contributed by atoms with Gasteiger partial charge in [-0.1, -0.05) is 28.1 Å². The van der Waals surface area contributed by atoms with Gasteiger partial charge in [0.2, 0.25) is 0 Å². The Kier molecular flexibility index (Phi) is 7.12. The second-order valence-corrected chi connectivity index (χ2v) is 9.08. The summed E-state index contributed by atoms with van der Waals surface area (Å²) in [4.78, 5) is 25.9. The first kappa shape index (κ1) is 23.0. The molecule has 0 atom stereocenters. The Balaban J connectivity index is 1.86. The maximum Gasteiger partial charge on any atom is 0.341 e. The van der Waals surface area contributed by atoms with Crippen molar-refractivity contribution in [2.75, 3.05) is 19.0 Å². The van der Waals surface area contributed by atoms with E-state index in [9.17, 15) is 14.0 Å². The summed E-state index contributed by atoms with van der Waals surface area (Å²) in [7, 11) is 1.28. The van der Waals surface area contributed by atoms with Gasteiger partial charge in [0.05, 0.1) is 7.11 Å². The van der Waals surface area contributed by atoms with Crippen LogP contribution in [-0.4, -0.2) is 25.6 Å². The topological polar surface area (TPSA) is 64.6 Å².